The molecule has 1 fully saturated rings. The van der Waals surface area contributed by atoms with Crippen LogP contribution in [0.2, 0.25) is 0 Å². The van der Waals surface area contributed by atoms with E-state index in [2.05, 4.69) is 4.99 Å². The molecule has 10 heteroatoms. The minimum Gasteiger partial charge on any atom is -0.299 e. The summed E-state index contributed by atoms with van der Waals surface area (Å²) in [6.07, 6.45) is 1.57. The quantitative estimate of drug-likeness (QED) is 0.313. The zero-order valence-corrected chi connectivity index (χ0v) is 19.8. The second-order valence-electron chi connectivity index (χ2n) is 8.65. The fourth-order valence-electron chi connectivity index (χ4n) is 3.96. The van der Waals surface area contributed by atoms with Gasteiger partial charge in [-0.3, -0.25) is 38.8 Å². The van der Waals surface area contributed by atoms with Gasteiger partial charge in [0.05, 0.1) is 32.7 Å². The van der Waals surface area contributed by atoms with Gasteiger partial charge >= 0.3 is 0 Å². The van der Waals surface area contributed by atoms with Crippen molar-refractivity contribution in [2.75, 3.05) is 78.5 Å². The number of hydrogen-bond acceptors (Lipinski definition) is 10. The van der Waals surface area contributed by atoms with E-state index in [0.29, 0.717) is 52.4 Å². The zero-order valence-electron chi connectivity index (χ0n) is 19.8. The van der Waals surface area contributed by atoms with E-state index in [9.17, 15) is 24.0 Å². The van der Waals surface area contributed by atoms with Crippen molar-refractivity contribution in [3.63, 3.8) is 0 Å². The molecule has 0 spiro atoms. The molecule has 1 aliphatic heterocycles. The number of carbonyl (C=O) groups is 4. The standard InChI is InChI=1S/C22H37N5O5/c1-18(29)12-24-5-6-25(13-19(2)30)9-10-27(15-21(4)32)22(11-23-17-28)16-26(8-7-24)14-20(3)31/h22H,5-16H2,1-4H3. The highest BCUT2D eigenvalue weighted by Gasteiger charge is 2.25. The van der Waals surface area contributed by atoms with E-state index in [1.54, 1.807) is 13.0 Å². The summed E-state index contributed by atoms with van der Waals surface area (Å²) in [5.74, 6) is 0.0990. The first-order valence-corrected chi connectivity index (χ1v) is 11.0. The van der Waals surface area contributed by atoms with Crippen molar-refractivity contribution in [2.24, 2.45) is 4.99 Å². The van der Waals surface area contributed by atoms with Crippen LogP contribution >= 0.6 is 0 Å². The number of rotatable bonds is 10. The van der Waals surface area contributed by atoms with Crippen LogP contribution in [-0.4, -0.2) is 133 Å². The van der Waals surface area contributed by atoms with Crippen LogP contribution < -0.4 is 0 Å². The molecule has 0 amide bonds. The number of Topliss-reactive ketones (excluding diaryl/α,β-unsaturated/α-hetero) is 4. The lowest BCUT2D eigenvalue weighted by molar-refractivity contribution is -0.121. The highest BCUT2D eigenvalue weighted by Crippen LogP contribution is 2.08. The summed E-state index contributed by atoms with van der Waals surface area (Å²) in [6, 6.07) is -0.264. The molecular formula is C22H37N5O5. The van der Waals surface area contributed by atoms with Crippen molar-refractivity contribution < 1.29 is 24.0 Å². The molecule has 1 aliphatic rings. The molecule has 0 saturated carbocycles. The summed E-state index contributed by atoms with van der Waals surface area (Å²) in [5.41, 5.74) is 0. The monoisotopic (exact) mass is 451 g/mol. The van der Waals surface area contributed by atoms with Crippen molar-refractivity contribution in [3.8, 4) is 0 Å². The lowest BCUT2D eigenvalue weighted by Crippen LogP contribution is -2.53. The third kappa shape index (κ3) is 12.1. The molecule has 0 aromatic heterocycles. The lowest BCUT2D eigenvalue weighted by atomic mass is 10.1. The number of hydrogen-bond donors (Lipinski definition) is 0. The predicted octanol–water partition coefficient (Wildman–Crippen LogP) is -0.732. The van der Waals surface area contributed by atoms with E-state index < -0.39 is 0 Å². The molecule has 1 rings (SSSR count). The average molecular weight is 452 g/mol. The van der Waals surface area contributed by atoms with E-state index in [0.717, 1.165) is 0 Å². The molecule has 1 atom stereocenters. The molecule has 0 aliphatic carbocycles. The Bertz CT molecular complexity index is 707. The fraction of sp³-hybridized carbons (Fsp3) is 0.773. The van der Waals surface area contributed by atoms with E-state index in [1.807, 2.05) is 19.6 Å². The lowest BCUT2D eigenvalue weighted by Gasteiger charge is -2.37. The third-order valence-electron chi connectivity index (χ3n) is 5.28. The smallest absolute Gasteiger partial charge is 0.234 e. The molecule has 180 valence electrons. The van der Waals surface area contributed by atoms with Gasteiger partial charge in [-0.25, -0.2) is 9.79 Å². The van der Waals surface area contributed by atoms with Crippen molar-refractivity contribution >= 4 is 29.2 Å². The van der Waals surface area contributed by atoms with Crippen LogP contribution in [-0.2, 0) is 24.0 Å². The summed E-state index contributed by atoms with van der Waals surface area (Å²) < 4.78 is 0. The van der Waals surface area contributed by atoms with Gasteiger partial charge in [-0.1, -0.05) is 0 Å². The average Bonchev–Trinajstić information content (AvgIpc) is 2.67. The van der Waals surface area contributed by atoms with Crippen LogP contribution in [0.15, 0.2) is 4.99 Å². The van der Waals surface area contributed by atoms with Crippen LogP contribution in [0.1, 0.15) is 27.7 Å². The first-order chi connectivity index (χ1) is 15.1. The van der Waals surface area contributed by atoms with Crippen molar-refractivity contribution in [1.29, 1.82) is 0 Å². The SMILES string of the molecule is CC(=O)CN1CCN(CC(C)=O)CCN(CC(C)=O)C(CN=C=O)CN(CC(C)=O)CC1. The van der Waals surface area contributed by atoms with Crippen molar-refractivity contribution in [1.82, 2.24) is 19.6 Å². The number of carbonyl (C=O) groups excluding carboxylic acids is 5. The number of ketones is 4. The Morgan fingerprint density at radius 3 is 1.53 bits per heavy atom. The summed E-state index contributed by atoms with van der Waals surface area (Å²) >= 11 is 0. The summed E-state index contributed by atoms with van der Waals surface area (Å²) in [7, 11) is 0. The van der Waals surface area contributed by atoms with Gasteiger partial charge in [0.25, 0.3) is 0 Å². The van der Waals surface area contributed by atoms with E-state index in [1.165, 1.54) is 20.8 Å². The molecule has 10 nitrogen and oxygen atoms in total. The van der Waals surface area contributed by atoms with Crippen molar-refractivity contribution in [3.05, 3.63) is 0 Å². The van der Waals surface area contributed by atoms with Gasteiger partial charge in [-0.2, -0.15) is 0 Å². The highest BCUT2D eigenvalue weighted by molar-refractivity contribution is 5.78. The Kier molecular flexibility index (Phi) is 13.0. The van der Waals surface area contributed by atoms with Crippen LogP contribution in [0.3, 0.4) is 0 Å². The Morgan fingerprint density at radius 2 is 1.09 bits per heavy atom. The molecule has 0 aromatic rings. The molecule has 32 heavy (non-hydrogen) atoms. The maximum atomic E-state index is 11.9. The van der Waals surface area contributed by atoms with Gasteiger partial charge in [-0.15, -0.1) is 0 Å². The highest BCUT2D eigenvalue weighted by atomic mass is 16.1. The second kappa shape index (κ2) is 14.9. The first-order valence-electron chi connectivity index (χ1n) is 11.0. The van der Waals surface area contributed by atoms with Gasteiger partial charge in [0, 0.05) is 51.9 Å². The first kappa shape index (κ1) is 27.9. The summed E-state index contributed by atoms with van der Waals surface area (Å²) in [6.45, 7) is 11.1. The topological polar surface area (TPSA) is 111 Å². The normalized spacial score (nSPS) is 20.6. The van der Waals surface area contributed by atoms with Crippen LogP contribution in [0.5, 0.6) is 0 Å². The van der Waals surface area contributed by atoms with Gasteiger partial charge in [0.1, 0.15) is 23.1 Å². The van der Waals surface area contributed by atoms with E-state index in [-0.39, 0.29) is 55.4 Å². The maximum Gasteiger partial charge on any atom is 0.234 e. The molecule has 0 radical (unpaired) electrons. The maximum absolute atomic E-state index is 11.9. The zero-order chi connectivity index (χ0) is 24.1. The van der Waals surface area contributed by atoms with Gasteiger partial charge in [-0.05, 0) is 27.7 Å². The molecule has 0 aromatic carbocycles. The molecule has 0 bridgehead atoms. The number of isocyanates is 1. The van der Waals surface area contributed by atoms with Crippen molar-refractivity contribution in [2.45, 2.75) is 33.7 Å². The minimum atomic E-state index is -0.264. The summed E-state index contributed by atoms with van der Waals surface area (Å²) in [5, 5.41) is 0. The van der Waals surface area contributed by atoms with E-state index >= 15 is 0 Å². The second-order valence-corrected chi connectivity index (χ2v) is 8.65. The largest absolute Gasteiger partial charge is 0.299 e. The van der Waals surface area contributed by atoms with Crippen LogP contribution in [0.4, 0.5) is 0 Å². The fourth-order valence-corrected chi connectivity index (χ4v) is 3.96. The summed E-state index contributed by atoms with van der Waals surface area (Å²) in [4.78, 5) is 69.9. The molecule has 1 heterocycles. The Balaban J connectivity index is 3.21. The third-order valence-corrected chi connectivity index (χ3v) is 5.28. The van der Waals surface area contributed by atoms with Gasteiger partial charge in [0.15, 0.2) is 0 Å². The number of nitrogens with zero attached hydrogens (tertiary/aromatic N) is 5. The van der Waals surface area contributed by atoms with Crippen LogP contribution in [0.25, 0.3) is 0 Å². The Hall–Kier alpha value is -2.10. The van der Waals surface area contributed by atoms with Gasteiger partial charge < -0.3 is 0 Å². The van der Waals surface area contributed by atoms with E-state index in [4.69, 9.17) is 0 Å². The Morgan fingerprint density at radius 1 is 0.688 bits per heavy atom. The number of aliphatic imine (C=N–C) groups is 1. The molecular weight excluding hydrogens is 414 g/mol. The van der Waals surface area contributed by atoms with Gasteiger partial charge in [0.2, 0.25) is 6.08 Å². The Labute approximate surface area is 190 Å². The molecule has 1 unspecified atom stereocenters. The minimum absolute atomic E-state index is 0.0126. The predicted molar refractivity (Wildman–Crippen MR) is 120 cm³/mol. The van der Waals surface area contributed by atoms with Crippen LogP contribution in [0, 0.1) is 0 Å². The molecule has 1 saturated heterocycles. The molecule has 0 N–H and O–H groups in total.